The lowest BCUT2D eigenvalue weighted by molar-refractivity contribution is -0.199. The SMILES string of the molecule is O=C(CCCNC(=O)c1ccsc1)NC[C@]1(O)CCC[C@@H](C(F)(F)F)C1. The van der Waals surface area contributed by atoms with Crippen molar-refractivity contribution in [1.82, 2.24) is 10.6 Å². The lowest BCUT2D eigenvalue weighted by Crippen LogP contribution is -2.48. The van der Waals surface area contributed by atoms with Crippen LogP contribution < -0.4 is 10.6 Å². The highest BCUT2D eigenvalue weighted by Crippen LogP contribution is 2.41. The molecule has 3 N–H and O–H groups in total. The molecule has 1 aliphatic carbocycles. The van der Waals surface area contributed by atoms with Crippen molar-refractivity contribution in [3.8, 4) is 0 Å². The summed E-state index contributed by atoms with van der Waals surface area (Å²) in [6.45, 7) is 0.141. The minimum atomic E-state index is -4.32. The Kier molecular flexibility index (Phi) is 7.05. The average molecular weight is 392 g/mol. The van der Waals surface area contributed by atoms with Gasteiger partial charge in [-0.1, -0.05) is 0 Å². The van der Waals surface area contributed by atoms with Gasteiger partial charge in [-0.2, -0.15) is 24.5 Å². The van der Waals surface area contributed by atoms with Gasteiger partial charge < -0.3 is 15.7 Å². The number of nitrogens with one attached hydrogen (secondary N) is 2. The van der Waals surface area contributed by atoms with Crippen LogP contribution in [0.25, 0.3) is 0 Å². The van der Waals surface area contributed by atoms with Crippen molar-refractivity contribution in [1.29, 1.82) is 0 Å². The predicted molar refractivity (Wildman–Crippen MR) is 91.9 cm³/mol. The van der Waals surface area contributed by atoms with Crippen LogP contribution in [0.5, 0.6) is 0 Å². The fraction of sp³-hybridized carbons (Fsp3) is 0.647. The maximum atomic E-state index is 12.8. The van der Waals surface area contributed by atoms with Gasteiger partial charge in [-0.3, -0.25) is 9.59 Å². The highest BCUT2D eigenvalue weighted by Gasteiger charge is 2.46. The summed E-state index contributed by atoms with van der Waals surface area (Å²) in [5.41, 5.74) is -0.945. The fourth-order valence-electron chi connectivity index (χ4n) is 3.08. The van der Waals surface area contributed by atoms with Crippen LogP contribution in [-0.2, 0) is 4.79 Å². The second-order valence-electron chi connectivity index (χ2n) is 6.71. The van der Waals surface area contributed by atoms with Crippen LogP contribution in [0.1, 0.15) is 48.9 Å². The Morgan fingerprint density at radius 2 is 2.12 bits per heavy atom. The molecule has 5 nitrogen and oxygen atoms in total. The second kappa shape index (κ2) is 8.85. The number of carbonyl (C=O) groups excluding carboxylic acids is 2. The number of aliphatic hydroxyl groups is 1. The lowest BCUT2D eigenvalue weighted by atomic mass is 9.77. The van der Waals surface area contributed by atoms with Gasteiger partial charge in [0.15, 0.2) is 0 Å². The van der Waals surface area contributed by atoms with Crippen LogP contribution in [0, 0.1) is 5.92 Å². The Hall–Kier alpha value is -1.61. The van der Waals surface area contributed by atoms with Gasteiger partial charge in [0.25, 0.3) is 5.91 Å². The molecule has 1 saturated carbocycles. The van der Waals surface area contributed by atoms with Gasteiger partial charge in [-0.15, -0.1) is 0 Å². The molecule has 0 aliphatic heterocycles. The molecule has 0 aromatic carbocycles. The number of amides is 2. The average Bonchev–Trinajstić information content (AvgIpc) is 3.11. The maximum absolute atomic E-state index is 12.8. The number of hydrogen-bond donors (Lipinski definition) is 3. The molecule has 2 atom stereocenters. The van der Waals surface area contributed by atoms with Gasteiger partial charge in [0.1, 0.15) is 0 Å². The molecule has 0 bridgehead atoms. The standard InChI is InChI=1S/C17H23F3N2O3S/c18-17(19,20)13-3-1-6-16(25,9-13)11-22-14(23)4-2-7-21-15(24)12-5-8-26-10-12/h5,8,10,13,25H,1-4,6-7,9,11H2,(H,21,24)(H,22,23)/t13-,16+/m1/s1. The van der Waals surface area contributed by atoms with Crippen LogP contribution in [-0.4, -0.2) is 41.8 Å². The van der Waals surface area contributed by atoms with E-state index < -0.39 is 17.7 Å². The van der Waals surface area contributed by atoms with Crippen molar-refractivity contribution in [2.45, 2.75) is 50.3 Å². The van der Waals surface area contributed by atoms with E-state index in [1.54, 1.807) is 16.8 Å². The summed E-state index contributed by atoms with van der Waals surface area (Å²) in [6.07, 6.45) is -3.62. The van der Waals surface area contributed by atoms with E-state index in [0.29, 0.717) is 18.5 Å². The largest absolute Gasteiger partial charge is 0.391 e. The second-order valence-corrected chi connectivity index (χ2v) is 7.49. The smallest absolute Gasteiger partial charge is 0.388 e. The van der Waals surface area contributed by atoms with Gasteiger partial charge in [0, 0.05) is 30.5 Å². The van der Waals surface area contributed by atoms with E-state index in [9.17, 15) is 27.9 Å². The quantitative estimate of drug-likeness (QED) is 0.625. The molecule has 26 heavy (non-hydrogen) atoms. The highest BCUT2D eigenvalue weighted by atomic mass is 32.1. The number of rotatable bonds is 7. The van der Waals surface area contributed by atoms with Crippen LogP contribution in [0.15, 0.2) is 16.8 Å². The number of hydrogen-bond acceptors (Lipinski definition) is 4. The first-order chi connectivity index (χ1) is 12.2. The Balaban J connectivity index is 1.65. The molecule has 1 aliphatic rings. The molecule has 146 valence electrons. The van der Waals surface area contributed by atoms with Gasteiger partial charge in [-0.05, 0) is 43.6 Å². The van der Waals surface area contributed by atoms with E-state index in [-0.39, 0.29) is 50.5 Å². The molecule has 0 radical (unpaired) electrons. The van der Waals surface area contributed by atoms with Crippen molar-refractivity contribution < 1.29 is 27.9 Å². The van der Waals surface area contributed by atoms with Crippen molar-refractivity contribution in [2.75, 3.05) is 13.1 Å². The van der Waals surface area contributed by atoms with E-state index in [1.165, 1.54) is 11.3 Å². The molecule has 1 heterocycles. The minimum absolute atomic E-state index is 0.0174. The van der Waals surface area contributed by atoms with E-state index >= 15 is 0 Å². The number of carbonyl (C=O) groups is 2. The highest BCUT2D eigenvalue weighted by molar-refractivity contribution is 7.08. The van der Waals surface area contributed by atoms with Gasteiger partial charge >= 0.3 is 6.18 Å². The summed E-state index contributed by atoms with van der Waals surface area (Å²) in [5.74, 6) is -2.08. The molecule has 9 heteroatoms. The third-order valence-electron chi connectivity index (χ3n) is 4.55. The Labute approximate surface area is 154 Å². The molecule has 0 spiro atoms. The van der Waals surface area contributed by atoms with E-state index in [4.69, 9.17) is 0 Å². The van der Waals surface area contributed by atoms with Crippen molar-refractivity contribution in [3.63, 3.8) is 0 Å². The predicted octanol–water partition coefficient (Wildman–Crippen LogP) is 2.86. The third-order valence-corrected chi connectivity index (χ3v) is 5.23. The third kappa shape index (κ3) is 6.28. The Morgan fingerprint density at radius 3 is 2.77 bits per heavy atom. The summed E-state index contributed by atoms with van der Waals surface area (Å²) in [7, 11) is 0. The molecule has 1 aromatic rings. The zero-order valence-electron chi connectivity index (χ0n) is 14.3. The molecule has 2 amide bonds. The van der Waals surface area contributed by atoms with Crippen molar-refractivity contribution >= 4 is 23.2 Å². The maximum Gasteiger partial charge on any atom is 0.391 e. The first-order valence-corrected chi connectivity index (χ1v) is 9.50. The molecular formula is C17H23F3N2O3S. The minimum Gasteiger partial charge on any atom is -0.388 e. The lowest BCUT2D eigenvalue weighted by Gasteiger charge is -2.37. The topological polar surface area (TPSA) is 78.4 Å². The summed E-state index contributed by atoms with van der Waals surface area (Å²) < 4.78 is 38.5. The summed E-state index contributed by atoms with van der Waals surface area (Å²) in [4.78, 5) is 23.5. The van der Waals surface area contributed by atoms with Crippen molar-refractivity contribution in [3.05, 3.63) is 22.4 Å². The zero-order valence-corrected chi connectivity index (χ0v) is 15.1. The number of alkyl halides is 3. The van der Waals surface area contributed by atoms with Gasteiger partial charge in [0.05, 0.1) is 11.5 Å². The van der Waals surface area contributed by atoms with Crippen LogP contribution in [0.4, 0.5) is 13.2 Å². The zero-order chi connectivity index (χ0) is 19.2. The molecule has 1 aromatic heterocycles. The Morgan fingerprint density at radius 1 is 1.35 bits per heavy atom. The van der Waals surface area contributed by atoms with Crippen LogP contribution in [0.3, 0.4) is 0 Å². The molecule has 0 saturated heterocycles. The molecular weight excluding hydrogens is 369 g/mol. The van der Waals surface area contributed by atoms with Crippen LogP contribution in [0.2, 0.25) is 0 Å². The van der Waals surface area contributed by atoms with E-state index in [2.05, 4.69) is 10.6 Å². The number of thiophene rings is 1. The van der Waals surface area contributed by atoms with Gasteiger partial charge in [0.2, 0.25) is 5.91 Å². The number of halogens is 3. The van der Waals surface area contributed by atoms with E-state index in [0.717, 1.165) is 0 Å². The summed E-state index contributed by atoms with van der Waals surface area (Å²) >= 11 is 1.41. The summed E-state index contributed by atoms with van der Waals surface area (Å²) in [5, 5.41) is 19.1. The van der Waals surface area contributed by atoms with Crippen molar-refractivity contribution in [2.24, 2.45) is 5.92 Å². The first kappa shape index (κ1) is 20.7. The fourth-order valence-corrected chi connectivity index (χ4v) is 3.71. The van der Waals surface area contributed by atoms with Crippen LogP contribution >= 0.6 is 11.3 Å². The first-order valence-electron chi connectivity index (χ1n) is 8.56. The van der Waals surface area contributed by atoms with Gasteiger partial charge in [-0.25, -0.2) is 0 Å². The molecule has 1 fully saturated rings. The normalized spacial score (nSPS) is 23.5. The molecule has 0 unspecified atom stereocenters. The monoisotopic (exact) mass is 392 g/mol. The van der Waals surface area contributed by atoms with E-state index in [1.807, 2.05) is 0 Å². The Bertz CT molecular complexity index is 607. The summed E-state index contributed by atoms with van der Waals surface area (Å²) in [6, 6.07) is 1.70. The molecule has 2 rings (SSSR count).